The van der Waals surface area contributed by atoms with Gasteiger partial charge in [-0.1, -0.05) is 170 Å². The highest BCUT2D eigenvalue weighted by Gasteiger charge is 2.20. The minimum atomic E-state index is 0.704. The first kappa shape index (κ1) is 31.2. The van der Waals surface area contributed by atoms with E-state index < -0.39 is 0 Å². The van der Waals surface area contributed by atoms with E-state index in [1.807, 2.05) is 18.2 Å². The number of rotatable bonds is 5. The fourth-order valence-corrected chi connectivity index (χ4v) is 8.44. The van der Waals surface area contributed by atoms with Gasteiger partial charge in [-0.3, -0.25) is 0 Å². The number of aromatic nitrogens is 3. The van der Waals surface area contributed by atoms with Crippen LogP contribution in [0.25, 0.3) is 105 Å². The number of hydrogen-bond acceptors (Lipinski definition) is 2. The zero-order valence-corrected chi connectivity index (χ0v) is 29.9. The Bertz CT molecular complexity index is 3230. The molecule has 0 radical (unpaired) electrons. The van der Waals surface area contributed by atoms with Gasteiger partial charge in [0.05, 0.1) is 22.4 Å². The van der Waals surface area contributed by atoms with E-state index in [1.165, 1.54) is 59.7 Å². The van der Waals surface area contributed by atoms with Gasteiger partial charge < -0.3 is 4.57 Å². The Morgan fingerprint density at radius 1 is 0.327 bits per heavy atom. The molecule has 2 heterocycles. The fourth-order valence-electron chi connectivity index (χ4n) is 8.44. The van der Waals surface area contributed by atoms with E-state index in [0.717, 1.165) is 39.3 Å². The van der Waals surface area contributed by atoms with Crippen LogP contribution in [0.2, 0.25) is 0 Å². The summed E-state index contributed by atoms with van der Waals surface area (Å²) < 4.78 is 2.45. The highest BCUT2D eigenvalue weighted by atomic mass is 15.0. The summed E-state index contributed by atoms with van der Waals surface area (Å²) in [5, 5.41) is 10.1. The lowest BCUT2D eigenvalue weighted by Gasteiger charge is -2.14. The van der Waals surface area contributed by atoms with Crippen molar-refractivity contribution < 1.29 is 0 Å². The molecule has 0 amide bonds. The summed E-state index contributed by atoms with van der Waals surface area (Å²) in [4.78, 5) is 10.3. The minimum absolute atomic E-state index is 0.704. The molecule has 2 aromatic heterocycles. The molecule has 0 unspecified atom stereocenters. The maximum absolute atomic E-state index is 5.16. The molecule has 256 valence electrons. The van der Waals surface area contributed by atoms with Crippen molar-refractivity contribution in [1.29, 1.82) is 0 Å². The summed E-state index contributed by atoms with van der Waals surface area (Å²) in [6, 6.07) is 71.4. The number of para-hydroxylation sites is 1. The summed E-state index contributed by atoms with van der Waals surface area (Å²) in [5.41, 5.74) is 10.7. The van der Waals surface area contributed by atoms with Gasteiger partial charge in [-0.2, -0.15) is 0 Å². The molecule has 0 saturated heterocycles. The van der Waals surface area contributed by atoms with E-state index in [-0.39, 0.29) is 0 Å². The van der Waals surface area contributed by atoms with Crippen LogP contribution in [0.5, 0.6) is 0 Å². The molecule has 55 heavy (non-hydrogen) atoms. The Labute approximate surface area is 318 Å². The first-order chi connectivity index (χ1) is 27.3. The number of fused-ring (bicyclic) bond motifs is 10. The van der Waals surface area contributed by atoms with Gasteiger partial charge in [-0.05, 0) is 68.4 Å². The molecule has 3 heteroatoms. The van der Waals surface area contributed by atoms with Gasteiger partial charge in [0.1, 0.15) is 0 Å². The van der Waals surface area contributed by atoms with Crippen LogP contribution in [0.15, 0.2) is 200 Å². The smallest absolute Gasteiger partial charge is 0.160 e. The normalized spacial score (nSPS) is 11.6. The van der Waals surface area contributed by atoms with Crippen molar-refractivity contribution in [2.45, 2.75) is 0 Å². The zero-order valence-electron chi connectivity index (χ0n) is 29.9. The molecule has 0 atom stereocenters. The summed E-state index contributed by atoms with van der Waals surface area (Å²) in [5.74, 6) is 0.704. The number of hydrogen-bond donors (Lipinski definition) is 0. The molecule has 11 aromatic rings. The second kappa shape index (κ2) is 12.6. The summed E-state index contributed by atoms with van der Waals surface area (Å²) in [6.07, 6.45) is 0. The van der Waals surface area contributed by atoms with Crippen LogP contribution < -0.4 is 0 Å². The van der Waals surface area contributed by atoms with Crippen molar-refractivity contribution in [2.75, 3.05) is 0 Å². The molecule has 0 aliphatic heterocycles. The van der Waals surface area contributed by atoms with Crippen LogP contribution in [0.3, 0.4) is 0 Å². The maximum atomic E-state index is 5.16. The van der Waals surface area contributed by atoms with Crippen molar-refractivity contribution in [3.63, 3.8) is 0 Å². The fraction of sp³-hybridized carbons (Fsp3) is 0. The maximum Gasteiger partial charge on any atom is 0.160 e. The first-order valence-electron chi connectivity index (χ1n) is 18.7. The number of nitrogens with zero attached hydrogens (tertiary/aromatic N) is 3. The second-order valence-corrected chi connectivity index (χ2v) is 14.2. The Kier molecular flexibility index (Phi) is 7.17. The van der Waals surface area contributed by atoms with Crippen molar-refractivity contribution >= 4 is 54.1 Å². The predicted molar refractivity (Wildman–Crippen MR) is 231 cm³/mol. The quantitative estimate of drug-likeness (QED) is 0.167. The lowest BCUT2D eigenvalue weighted by molar-refractivity contribution is 1.17. The van der Waals surface area contributed by atoms with Gasteiger partial charge in [0.25, 0.3) is 0 Å². The summed E-state index contributed by atoms with van der Waals surface area (Å²) >= 11 is 0. The monoisotopic (exact) mass is 699 g/mol. The van der Waals surface area contributed by atoms with Crippen LogP contribution in [0.4, 0.5) is 0 Å². The second-order valence-electron chi connectivity index (χ2n) is 14.2. The highest BCUT2D eigenvalue weighted by molar-refractivity contribution is 6.36. The lowest BCUT2D eigenvalue weighted by atomic mass is 9.93. The van der Waals surface area contributed by atoms with Crippen LogP contribution in [-0.2, 0) is 0 Å². The first-order valence-corrected chi connectivity index (χ1v) is 18.7. The Balaban J connectivity index is 1.11. The summed E-state index contributed by atoms with van der Waals surface area (Å²) in [6.45, 7) is 0. The molecule has 0 bridgehead atoms. The van der Waals surface area contributed by atoms with Crippen molar-refractivity contribution in [1.82, 2.24) is 14.5 Å². The SMILES string of the molecule is c1ccc(-c2cccc(-c3cc(-c4ccc(-n5c6ccccc6c6c7ccccc7c7c8ccccc8ccc7c65)cc4)nc(-c4ccccc4)n3)c2)cc1. The summed E-state index contributed by atoms with van der Waals surface area (Å²) in [7, 11) is 0. The van der Waals surface area contributed by atoms with E-state index >= 15 is 0 Å². The van der Waals surface area contributed by atoms with E-state index in [9.17, 15) is 0 Å². The third-order valence-electron chi connectivity index (χ3n) is 11.0. The van der Waals surface area contributed by atoms with Gasteiger partial charge in [-0.15, -0.1) is 0 Å². The molecule has 3 nitrogen and oxygen atoms in total. The third-order valence-corrected chi connectivity index (χ3v) is 11.0. The molecule has 0 aliphatic rings. The van der Waals surface area contributed by atoms with E-state index in [4.69, 9.17) is 9.97 Å². The van der Waals surface area contributed by atoms with Crippen LogP contribution in [-0.4, -0.2) is 14.5 Å². The Morgan fingerprint density at radius 2 is 0.909 bits per heavy atom. The molecule has 0 saturated carbocycles. The van der Waals surface area contributed by atoms with Crippen LogP contribution in [0, 0.1) is 0 Å². The molecule has 0 aliphatic carbocycles. The largest absolute Gasteiger partial charge is 0.309 e. The molecule has 0 N–H and O–H groups in total. The van der Waals surface area contributed by atoms with Crippen molar-refractivity contribution in [3.8, 4) is 50.7 Å². The van der Waals surface area contributed by atoms with Gasteiger partial charge in [-0.25, -0.2) is 9.97 Å². The van der Waals surface area contributed by atoms with Gasteiger partial charge in [0, 0.05) is 38.5 Å². The van der Waals surface area contributed by atoms with E-state index in [0.29, 0.717) is 5.82 Å². The van der Waals surface area contributed by atoms with E-state index in [2.05, 4.69) is 187 Å². The average molecular weight is 700 g/mol. The van der Waals surface area contributed by atoms with Crippen molar-refractivity contribution in [3.05, 3.63) is 200 Å². The molecular formula is C52H33N3. The van der Waals surface area contributed by atoms with Crippen LogP contribution in [0.1, 0.15) is 0 Å². The molecule has 9 aromatic carbocycles. The molecule has 11 rings (SSSR count). The lowest BCUT2D eigenvalue weighted by Crippen LogP contribution is -1.97. The van der Waals surface area contributed by atoms with Crippen LogP contribution >= 0.6 is 0 Å². The predicted octanol–water partition coefficient (Wildman–Crippen LogP) is 13.7. The van der Waals surface area contributed by atoms with E-state index in [1.54, 1.807) is 0 Å². The topological polar surface area (TPSA) is 30.7 Å². The molecule has 0 fully saturated rings. The molecular weight excluding hydrogens is 667 g/mol. The number of benzene rings is 9. The van der Waals surface area contributed by atoms with Gasteiger partial charge in [0.2, 0.25) is 0 Å². The Morgan fingerprint density at radius 3 is 1.67 bits per heavy atom. The third kappa shape index (κ3) is 5.13. The highest BCUT2D eigenvalue weighted by Crippen LogP contribution is 2.44. The van der Waals surface area contributed by atoms with Gasteiger partial charge in [0.15, 0.2) is 5.82 Å². The minimum Gasteiger partial charge on any atom is -0.309 e. The van der Waals surface area contributed by atoms with Crippen molar-refractivity contribution in [2.24, 2.45) is 0 Å². The average Bonchev–Trinajstić information content (AvgIpc) is 3.62. The Hall–Kier alpha value is -7.36. The van der Waals surface area contributed by atoms with Gasteiger partial charge >= 0.3 is 0 Å². The standard InChI is InChI=1S/C52H33N3/c1-3-14-34(15-4-1)38-19-13-20-39(32-38)47-33-46(53-52(54-47)37-17-5-2-6-18-37)36-26-29-40(30-27-36)55-48-25-12-11-24-44(48)50-43-23-10-9-22-42(43)49-41-21-8-7-16-35(41)28-31-45(49)51(50)55/h1-33H. The molecule has 0 spiro atoms. The zero-order chi connectivity index (χ0) is 36.3.